The van der Waals surface area contributed by atoms with Crippen molar-refractivity contribution in [2.24, 2.45) is 11.7 Å². The van der Waals surface area contributed by atoms with Crippen LogP contribution < -0.4 is 16.4 Å². The highest BCUT2D eigenvalue weighted by Gasteiger charge is 2.45. The number of primary amides is 1. The van der Waals surface area contributed by atoms with Crippen LogP contribution in [0.25, 0.3) is 0 Å². The highest BCUT2D eigenvalue weighted by molar-refractivity contribution is 5.87. The first kappa shape index (κ1) is 26.7. The van der Waals surface area contributed by atoms with E-state index in [4.69, 9.17) is 15.2 Å². The zero-order valence-electron chi connectivity index (χ0n) is 18.7. The lowest BCUT2D eigenvalue weighted by Gasteiger charge is -2.42. The monoisotopic (exact) mass is 467 g/mol. The number of carbonyl (C=O) groups excluding carboxylic acids is 3. The van der Waals surface area contributed by atoms with E-state index in [2.05, 4.69) is 10.6 Å². The Balaban J connectivity index is 2.00. The van der Waals surface area contributed by atoms with Crippen LogP contribution in [0.2, 0.25) is 0 Å². The van der Waals surface area contributed by atoms with E-state index in [1.165, 1.54) is 0 Å². The molecule has 0 aliphatic carbocycles. The fourth-order valence-corrected chi connectivity index (χ4v) is 3.37. The van der Waals surface area contributed by atoms with Crippen LogP contribution in [0.4, 0.5) is 0 Å². The van der Waals surface area contributed by atoms with Gasteiger partial charge in [-0.25, -0.2) is 0 Å². The molecule has 1 aliphatic rings. The van der Waals surface area contributed by atoms with E-state index in [0.717, 1.165) is 5.56 Å². The molecule has 0 spiro atoms. The number of benzene rings is 1. The number of aliphatic hydroxyl groups is 3. The van der Waals surface area contributed by atoms with Gasteiger partial charge < -0.3 is 41.2 Å². The Morgan fingerprint density at radius 3 is 2.42 bits per heavy atom. The Kier molecular flexibility index (Phi) is 10.2. The lowest BCUT2D eigenvalue weighted by Crippen LogP contribution is -2.64. The zero-order valence-corrected chi connectivity index (χ0v) is 18.7. The van der Waals surface area contributed by atoms with Crippen molar-refractivity contribution in [2.75, 3.05) is 13.2 Å². The Labute approximate surface area is 192 Å². The molecule has 11 nitrogen and oxygen atoms in total. The maximum atomic E-state index is 12.6. The van der Waals surface area contributed by atoms with Crippen LogP contribution >= 0.6 is 0 Å². The van der Waals surface area contributed by atoms with E-state index in [1.807, 2.05) is 30.3 Å². The van der Waals surface area contributed by atoms with Gasteiger partial charge in [-0.05, 0) is 5.56 Å². The lowest BCUT2D eigenvalue weighted by atomic mass is 9.96. The van der Waals surface area contributed by atoms with Crippen LogP contribution in [-0.2, 0) is 30.3 Å². The predicted octanol–water partition coefficient (Wildman–Crippen LogP) is -1.81. The minimum atomic E-state index is -1.45. The van der Waals surface area contributed by atoms with Gasteiger partial charge in [0.2, 0.25) is 17.7 Å². The fraction of sp³-hybridized carbons (Fsp3) is 0.591. The molecular weight excluding hydrogens is 434 g/mol. The van der Waals surface area contributed by atoms with Gasteiger partial charge in [0.05, 0.1) is 19.1 Å². The molecule has 0 bridgehead atoms. The quantitative estimate of drug-likeness (QED) is 0.220. The van der Waals surface area contributed by atoms with Gasteiger partial charge in [0, 0.05) is 12.8 Å². The van der Waals surface area contributed by atoms with Gasteiger partial charge in [-0.3, -0.25) is 14.4 Å². The summed E-state index contributed by atoms with van der Waals surface area (Å²) >= 11 is 0. The van der Waals surface area contributed by atoms with Crippen molar-refractivity contribution in [2.45, 2.75) is 63.4 Å². The summed E-state index contributed by atoms with van der Waals surface area (Å²) < 4.78 is 11.1. The van der Waals surface area contributed by atoms with E-state index in [0.29, 0.717) is 0 Å². The highest BCUT2D eigenvalue weighted by atomic mass is 16.7. The third-order valence-electron chi connectivity index (χ3n) is 5.43. The molecule has 1 heterocycles. The number of nitrogens with two attached hydrogens (primary N) is 1. The molecule has 0 radical (unpaired) electrons. The number of rotatable bonds is 11. The molecule has 7 N–H and O–H groups in total. The first-order valence-corrected chi connectivity index (χ1v) is 10.8. The topological polar surface area (TPSA) is 180 Å². The normalized spacial score (nSPS) is 26.8. The molecule has 2 rings (SSSR count). The Hall–Kier alpha value is -2.57. The Morgan fingerprint density at radius 1 is 1.18 bits per heavy atom. The summed E-state index contributed by atoms with van der Waals surface area (Å²) in [6, 6.07) is 7.07. The third kappa shape index (κ3) is 7.47. The van der Waals surface area contributed by atoms with Crippen LogP contribution in [0, 0.1) is 5.92 Å². The van der Waals surface area contributed by atoms with Crippen LogP contribution in [0.15, 0.2) is 30.3 Å². The molecule has 1 aromatic rings. The van der Waals surface area contributed by atoms with Crippen LogP contribution in [0.5, 0.6) is 0 Å². The number of carbonyl (C=O) groups is 3. The highest BCUT2D eigenvalue weighted by Crippen LogP contribution is 2.23. The van der Waals surface area contributed by atoms with Gasteiger partial charge in [-0.15, -0.1) is 0 Å². The van der Waals surface area contributed by atoms with Gasteiger partial charge in [0.15, 0.2) is 6.29 Å². The SMILES string of the molecule is CCC(=O)N[C@@H]1C(OC[C@H](C)C(=O)N[C@@H](Cc2ccccc2)C(N)=O)OC(CO)[C@@H](O)[C@@H]1O. The largest absolute Gasteiger partial charge is 0.394 e. The van der Waals surface area contributed by atoms with Crippen molar-refractivity contribution in [3.63, 3.8) is 0 Å². The van der Waals surface area contributed by atoms with Crippen LogP contribution in [-0.4, -0.2) is 82.9 Å². The molecule has 0 saturated carbocycles. The van der Waals surface area contributed by atoms with Crippen LogP contribution in [0.1, 0.15) is 25.8 Å². The number of amides is 3. The van der Waals surface area contributed by atoms with Crippen molar-refractivity contribution in [3.8, 4) is 0 Å². The number of nitrogens with one attached hydrogen (secondary N) is 2. The van der Waals surface area contributed by atoms with Gasteiger partial charge in [0.25, 0.3) is 0 Å². The second-order valence-corrected chi connectivity index (χ2v) is 8.04. The number of hydrogen-bond donors (Lipinski definition) is 6. The average molecular weight is 468 g/mol. The summed E-state index contributed by atoms with van der Waals surface area (Å²) in [5.41, 5.74) is 6.27. The smallest absolute Gasteiger partial charge is 0.240 e. The first-order chi connectivity index (χ1) is 15.7. The number of aliphatic hydroxyl groups excluding tert-OH is 3. The minimum absolute atomic E-state index is 0.129. The molecule has 11 heteroatoms. The molecule has 3 amide bonds. The number of hydrogen-bond acceptors (Lipinski definition) is 8. The van der Waals surface area contributed by atoms with Crippen LogP contribution in [0.3, 0.4) is 0 Å². The number of ether oxygens (including phenoxy) is 2. The molecule has 0 aromatic heterocycles. The second-order valence-electron chi connectivity index (χ2n) is 8.04. The predicted molar refractivity (Wildman–Crippen MR) is 116 cm³/mol. The second kappa shape index (κ2) is 12.6. The average Bonchev–Trinajstić information content (AvgIpc) is 2.81. The van der Waals surface area contributed by atoms with Crippen molar-refractivity contribution in [3.05, 3.63) is 35.9 Å². The van der Waals surface area contributed by atoms with Gasteiger partial charge in [0.1, 0.15) is 30.4 Å². The van der Waals surface area contributed by atoms with Crippen molar-refractivity contribution < 1.29 is 39.2 Å². The van der Waals surface area contributed by atoms with E-state index in [-0.39, 0.29) is 19.4 Å². The summed E-state index contributed by atoms with van der Waals surface area (Å²) in [7, 11) is 0. The lowest BCUT2D eigenvalue weighted by molar-refractivity contribution is -0.272. The molecule has 1 saturated heterocycles. The molecule has 1 fully saturated rings. The van der Waals surface area contributed by atoms with Crippen molar-refractivity contribution in [1.29, 1.82) is 0 Å². The van der Waals surface area contributed by atoms with E-state index in [9.17, 15) is 29.7 Å². The van der Waals surface area contributed by atoms with Gasteiger partial charge >= 0.3 is 0 Å². The fourth-order valence-electron chi connectivity index (χ4n) is 3.37. The molecule has 1 aliphatic heterocycles. The summed E-state index contributed by atoms with van der Waals surface area (Å²) in [5, 5.41) is 35.0. The van der Waals surface area contributed by atoms with Crippen molar-refractivity contribution >= 4 is 17.7 Å². The van der Waals surface area contributed by atoms with Crippen molar-refractivity contribution in [1.82, 2.24) is 10.6 Å². The van der Waals surface area contributed by atoms with Gasteiger partial charge in [-0.2, -0.15) is 0 Å². The molecule has 1 aromatic carbocycles. The summed E-state index contributed by atoms with van der Waals surface area (Å²) in [4.78, 5) is 36.3. The molecule has 7 atom stereocenters. The van der Waals surface area contributed by atoms with E-state index >= 15 is 0 Å². The summed E-state index contributed by atoms with van der Waals surface area (Å²) in [6.45, 7) is 2.41. The molecule has 33 heavy (non-hydrogen) atoms. The Bertz CT molecular complexity index is 793. The van der Waals surface area contributed by atoms with E-state index in [1.54, 1.807) is 13.8 Å². The molecule has 184 valence electrons. The Morgan fingerprint density at radius 2 is 1.85 bits per heavy atom. The van der Waals surface area contributed by atoms with Gasteiger partial charge in [-0.1, -0.05) is 44.2 Å². The summed E-state index contributed by atoms with van der Waals surface area (Å²) in [6.07, 6.45) is -4.88. The van der Waals surface area contributed by atoms with E-state index < -0.39 is 66.9 Å². The maximum absolute atomic E-state index is 12.6. The zero-order chi connectivity index (χ0) is 24.5. The molecule has 2 unspecified atom stereocenters. The standard InChI is InChI=1S/C22H33N3O8/c1-3-16(27)25-17-19(29)18(28)15(10-26)33-22(17)32-11-12(2)21(31)24-14(20(23)30)9-13-7-5-4-6-8-13/h4-8,12,14-15,17-19,22,26,28-29H,3,9-11H2,1-2H3,(H2,23,30)(H,24,31)(H,25,27)/t12-,14-,15?,17-,18+,19+,22?/m0/s1. The third-order valence-corrected chi connectivity index (χ3v) is 5.43. The summed E-state index contributed by atoms with van der Waals surface area (Å²) in [5.74, 6) is -2.31. The molecular formula is C22H33N3O8. The maximum Gasteiger partial charge on any atom is 0.240 e. The minimum Gasteiger partial charge on any atom is -0.394 e. The first-order valence-electron chi connectivity index (χ1n) is 10.8.